The van der Waals surface area contributed by atoms with E-state index in [1.807, 2.05) is 27.7 Å². The summed E-state index contributed by atoms with van der Waals surface area (Å²) in [7, 11) is 2.98. The Morgan fingerprint density at radius 1 is 1.11 bits per heavy atom. The molecule has 1 N–H and O–H groups in total. The van der Waals surface area contributed by atoms with Crippen molar-refractivity contribution in [2.24, 2.45) is 14.1 Å². The van der Waals surface area contributed by atoms with Crippen molar-refractivity contribution in [3.8, 4) is 5.88 Å². The molecule has 0 fully saturated rings. The van der Waals surface area contributed by atoms with Crippen molar-refractivity contribution in [2.45, 2.75) is 52.9 Å². The van der Waals surface area contributed by atoms with Gasteiger partial charge in [-0.1, -0.05) is 13.8 Å². The van der Waals surface area contributed by atoms with Crippen LogP contribution in [-0.2, 0) is 20.3 Å². The number of amides is 1. The Morgan fingerprint density at radius 2 is 1.70 bits per heavy atom. The molecule has 0 saturated carbocycles. The lowest BCUT2D eigenvalue weighted by Crippen LogP contribution is -2.29. The van der Waals surface area contributed by atoms with Gasteiger partial charge in [0.15, 0.2) is 5.69 Å². The highest BCUT2D eigenvalue weighted by molar-refractivity contribution is 5.92. The number of halogens is 3. The number of alkyl halides is 3. The predicted octanol–water partition coefficient (Wildman–Crippen LogP) is 3.48. The number of aryl methyl sites for hydroxylation is 2. The van der Waals surface area contributed by atoms with Gasteiger partial charge >= 0.3 is 6.18 Å². The van der Waals surface area contributed by atoms with Gasteiger partial charge in [0.25, 0.3) is 5.91 Å². The molecule has 0 aromatic carbocycles. The standard InChI is InChI=1S/C15H20F3N5O2.C2H6/c1-8(2)25-13-7-10(22(4)21-13)9(3)19-14(24)11-6-12(15(16,17)18)20-23(11)5;1-2/h6-9H,1-5H3,(H,19,24);1-2H3. The number of nitrogens with one attached hydrogen (secondary N) is 1. The van der Waals surface area contributed by atoms with E-state index >= 15 is 0 Å². The van der Waals surface area contributed by atoms with Gasteiger partial charge in [-0.25, -0.2) is 0 Å². The minimum Gasteiger partial charge on any atom is -0.474 e. The Balaban J connectivity index is 0.00000176. The Labute approximate surface area is 156 Å². The lowest BCUT2D eigenvalue weighted by Gasteiger charge is -2.13. The summed E-state index contributed by atoms with van der Waals surface area (Å²) in [5.41, 5.74) is -0.636. The van der Waals surface area contributed by atoms with Crippen LogP contribution < -0.4 is 10.1 Å². The molecule has 0 bridgehead atoms. The van der Waals surface area contributed by atoms with Crippen molar-refractivity contribution < 1.29 is 22.7 Å². The SMILES string of the molecule is CC.CC(C)Oc1cc(C(C)NC(=O)c2cc(C(F)(F)F)nn2C)n(C)n1. The zero-order chi connectivity index (χ0) is 20.9. The Kier molecular flexibility index (Phi) is 7.44. The number of ether oxygens (including phenoxy) is 1. The van der Waals surface area contributed by atoms with Crippen molar-refractivity contribution in [3.05, 3.63) is 29.2 Å². The van der Waals surface area contributed by atoms with E-state index in [2.05, 4.69) is 15.5 Å². The van der Waals surface area contributed by atoms with Crippen LogP contribution in [0.3, 0.4) is 0 Å². The number of aromatic nitrogens is 4. The maximum atomic E-state index is 12.7. The second kappa shape index (κ2) is 8.92. The van der Waals surface area contributed by atoms with E-state index < -0.39 is 23.8 Å². The zero-order valence-corrected chi connectivity index (χ0v) is 16.5. The van der Waals surface area contributed by atoms with Gasteiger partial charge in [-0.3, -0.25) is 14.2 Å². The van der Waals surface area contributed by atoms with Gasteiger partial charge in [0, 0.05) is 26.2 Å². The number of nitrogens with zero attached hydrogens (tertiary/aromatic N) is 4. The fourth-order valence-electron chi connectivity index (χ4n) is 2.32. The summed E-state index contributed by atoms with van der Waals surface area (Å²) < 4.78 is 46.0. The third-order valence-electron chi connectivity index (χ3n) is 3.44. The highest BCUT2D eigenvalue weighted by Crippen LogP contribution is 2.28. The molecule has 0 spiro atoms. The third-order valence-corrected chi connectivity index (χ3v) is 3.44. The van der Waals surface area contributed by atoms with Crippen LogP contribution >= 0.6 is 0 Å². The van der Waals surface area contributed by atoms with Crippen LogP contribution in [0.25, 0.3) is 0 Å². The first-order valence-corrected chi connectivity index (χ1v) is 8.61. The number of carbonyl (C=O) groups is 1. The highest BCUT2D eigenvalue weighted by atomic mass is 19.4. The topological polar surface area (TPSA) is 74.0 Å². The Bertz CT molecular complexity index is 765. The van der Waals surface area contributed by atoms with Crippen LogP contribution in [0.2, 0.25) is 0 Å². The second-order valence-corrected chi connectivity index (χ2v) is 5.93. The summed E-state index contributed by atoms with van der Waals surface area (Å²) in [5, 5.41) is 10.2. The number of hydrogen-bond donors (Lipinski definition) is 1. The molecular formula is C17H26F3N5O2. The summed E-state index contributed by atoms with van der Waals surface area (Å²) in [5.74, 6) is -0.251. The predicted molar refractivity (Wildman–Crippen MR) is 94.4 cm³/mol. The van der Waals surface area contributed by atoms with Gasteiger partial charge in [0.05, 0.1) is 17.8 Å². The van der Waals surface area contributed by atoms with E-state index in [-0.39, 0.29) is 11.8 Å². The number of rotatable bonds is 5. The molecule has 0 radical (unpaired) electrons. The maximum Gasteiger partial charge on any atom is 0.435 e. The van der Waals surface area contributed by atoms with Crippen molar-refractivity contribution in [1.82, 2.24) is 24.9 Å². The molecule has 1 atom stereocenters. The molecule has 27 heavy (non-hydrogen) atoms. The van der Waals surface area contributed by atoms with Crippen molar-refractivity contribution in [3.63, 3.8) is 0 Å². The van der Waals surface area contributed by atoms with E-state index in [4.69, 9.17) is 4.74 Å². The van der Waals surface area contributed by atoms with E-state index in [0.717, 1.165) is 10.7 Å². The number of carbonyl (C=O) groups excluding carboxylic acids is 1. The monoisotopic (exact) mass is 389 g/mol. The first kappa shape index (κ1) is 22.5. The van der Waals surface area contributed by atoms with Crippen LogP contribution in [0.4, 0.5) is 13.2 Å². The highest BCUT2D eigenvalue weighted by Gasteiger charge is 2.35. The van der Waals surface area contributed by atoms with Crippen molar-refractivity contribution in [2.75, 3.05) is 0 Å². The van der Waals surface area contributed by atoms with Gasteiger partial charge in [0.2, 0.25) is 5.88 Å². The first-order valence-electron chi connectivity index (χ1n) is 8.61. The van der Waals surface area contributed by atoms with Crippen molar-refractivity contribution >= 4 is 5.91 Å². The molecule has 7 nitrogen and oxygen atoms in total. The second-order valence-electron chi connectivity index (χ2n) is 5.93. The molecule has 2 rings (SSSR count). The van der Waals surface area contributed by atoms with Crippen molar-refractivity contribution in [1.29, 1.82) is 0 Å². The lowest BCUT2D eigenvalue weighted by atomic mass is 10.2. The molecule has 2 heterocycles. The molecule has 0 aliphatic carbocycles. The molecule has 152 valence electrons. The Hall–Kier alpha value is -2.52. The summed E-state index contributed by atoms with van der Waals surface area (Å²) in [6.07, 6.45) is -4.66. The normalized spacial score (nSPS) is 12.4. The molecular weight excluding hydrogens is 363 g/mol. The fraction of sp³-hybridized carbons (Fsp3) is 0.588. The van der Waals surface area contributed by atoms with Crippen LogP contribution in [0, 0.1) is 0 Å². The summed E-state index contributed by atoms with van der Waals surface area (Å²) >= 11 is 0. The molecule has 1 amide bonds. The van der Waals surface area contributed by atoms with Crippen LogP contribution in [0.15, 0.2) is 12.1 Å². The molecule has 2 aromatic rings. The number of hydrogen-bond acceptors (Lipinski definition) is 4. The van der Waals surface area contributed by atoms with Crippen LogP contribution in [0.1, 0.15) is 62.5 Å². The average molecular weight is 389 g/mol. The molecule has 1 unspecified atom stereocenters. The quantitative estimate of drug-likeness (QED) is 0.850. The molecule has 0 aliphatic heterocycles. The molecule has 2 aromatic heterocycles. The molecule has 10 heteroatoms. The van der Waals surface area contributed by atoms with Crippen LogP contribution in [-0.4, -0.2) is 31.6 Å². The maximum absolute atomic E-state index is 12.7. The summed E-state index contributed by atoms with van der Waals surface area (Å²) in [4.78, 5) is 12.3. The van der Waals surface area contributed by atoms with Gasteiger partial charge in [-0.2, -0.15) is 18.3 Å². The van der Waals surface area contributed by atoms with Gasteiger partial charge in [0.1, 0.15) is 5.69 Å². The van der Waals surface area contributed by atoms with Gasteiger partial charge < -0.3 is 10.1 Å². The minimum absolute atomic E-state index is 0.0529. The van der Waals surface area contributed by atoms with E-state index in [1.54, 1.807) is 24.7 Å². The summed E-state index contributed by atoms with van der Waals surface area (Å²) in [6, 6.07) is 1.91. The zero-order valence-electron chi connectivity index (χ0n) is 16.5. The van der Waals surface area contributed by atoms with Gasteiger partial charge in [-0.15, -0.1) is 5.10 Å². The largest absolute Gasteiger partial charge is 0.474 e. The van der Waals surface area contributed by atoms with Gasteiger partial charge in [-0.05, 0) is 20.8 Å². The third kappa shape index (κ3) is 5.73. The minimum atomic E-state index is -4.60. The fourth-order valence-corrected chi connectivity index (χ4v) is 2.32. The van der Waals surface area contributed by atoms with E-state index in [1.165, 1.54) is 7.05 Å². The van der Waals surface area contributed by atoms with Crippen LogP contribution in [0.5, 0.6) is 5.88 Å². The molecule has 0 saturated heterocycles. The van der Waals surface area contributed by atoms with E-state index in [0.29, 0.717) is 11.6 Å². The molecule has 0 aliphatic rings. The smallest absolute Gasteiger partial charge is 0.435 e. The lowest BCUT2D eigenvalue weighted by molar-refractivity contribution is -0.141. The summed E-state index contributed by atoms with van der Waals surface area (Å²) in [6.45, 7) is 9.43. The first-order chi connectivity index (χ1) is 12.5. The van der Waals surface area contributed by atoms with E-state index in [9.17, 15) is 18.0 Å². The Morgan fingerprint density at radius 3 is 2.19 bits per heavy atom. The average Bonchev–Trinajstić information content (AvgIpc) is 3.11.